The lowest BCUT2D eigenvalue weighted by Crippen LogP contribution is -2.38. The minimum atomic E-state index is -1.27. The highest BCUT2D eigenvalue weighted by atomic mass is 16.6. The third kappa shape index (κ3) is 3.43. The molecular weight excluding hydrogens is 284 g/mol. The standard InChI is InChI=1S/C16H18N2O4/c1-2-3-8-22-18-15(16(20)21)13(10-19)12-9-17-14-7-5-4-6-11(12)14/h4-7,9,15,17-18H,2-3,8H2,1H3,(H,20,21). The number of hydrogen-bond acceptors (Lipinski definition) is 4. The Morgan fingerprint density at radius 1 is 1.45 bits per heavy atom. The fourth-order valence-electron chi connectivity index (χ4n) is 2.16. The van der Waals surface area contributed by atoms with Gasteiger partial charge >= 0.3 is 5.97 Å². The molecule has 22 heavy (non-hydrogen) atoms. The summed E-state index contributed by atoms with van der Waals surface area (Å²) >= 11 is 0. The Morgan fingerprint density at radius 2 is 2.23 bits per heavy atom. The highest BCUT2D eigenvalue weighted by molar-refractivity contribution is 6.07. The molecule has 6 nitrogen and oxygen atoms in total. The van der Waals surface area contributed by atoms with Crippen LogP contribution in [0.1, 0.15) is 25.3 Å². The molecule has 0 fully saturated rings. The van der Waals surface area contributed by atoms with Crippen LogP contribution in [0.2, 0.25) is 0 Å². The molecular formula is C16H18N2O4. The smallest absolute Gasteiger partial charge is 0.328 e. The number of carboxylic acids is 1. The van der Waals surface area contributed by atoms with Gasteiger partial charge in [0.15, 0.2) is 6.04 Å². The molecule has 6 heteroatoms. The summed E-state index contributed by atoms with van der Waals surface area (Å²) in [5.74, 6) is 0.548. The number of nitrogens with one attached hydrogen (secondary N) is 2. The summed E-state index contributed by atoms with van der Waals surface area (Å²) in [5.41, 5.74) is 3.77. The first kappa shape index (κ1) is 16.0. The maximum absolute atomic E-state index is 11.4. The van der Waals surface area contributed by atoms with E-state index >= 15 is 0 Å². The molecule has 1 aromatic heterocycles. The van der Waals surface area contributed by atoms with Crippen molar-refractivity contribution >= 4 is 28.4 Å². The lowest BCUT2D eigenvalue weighted by atomic mass is 10.00. The van der Waals surface area contributed by atoms with Crippen LogP contribution in [0.15, 0.2) is 30.5 Å². The van der Waals surface area contributed by atoms with Crippen molar-refractivity contribution in [1.29, 1.82) is 0 Å². The second-order valence-corrected chi connectivity index (χ2v) is 4.85. The molecule has 0 amide bonds. The van der Waals surface area contributed by atoms with Crippen LogP contribution < -0.4 is 5.48 Å². The molecule has 0 aliphatic rings. The molecule has 2 aromatic rings. The van der Waals surface area contributed by atoms with Gasteiger partial charge in [0.05, 0.1) is 12.2 Å². The molecule has 0 bridgehead atoms. The average Bonchev–Trinajstić information content (AvgIpc) is 2.94. The van der Waals surface area contributed by atoms with Crippen molar-refractivity contribution in [1.82, 2.24) is 10.5 Å². The first-order valence-electron chi connectivity index (χ1n) is 7.10. The van der Waals surface area contributed by atoms with Gasteiger partial charge in [0, 0.05) is 22.7 Å². The number of hydrogen-bond donors (Lipinski definition) is 3. The number of carbonyl (C=O) groups is 1. The molecule has 1 aromatic carbocycles. The highest BCUT2D eigenvalue weighted by Crippen LogP contribution is 2.25. The van der Waals surface area contributed by atoms with E-state index in [1.54, 1.807) is 12.1 Å². The third-order valence-electron chi connectivity index (χ3n) is 3.33. The Bertz CT molecular complexity index is 701. The van der Waals surface area contributed by atoms with Crippen LogP contribution in [0.5, 0.6) is 0 Å². The number of aromatic amines is 1. The predicted octanol–water partition coefficient (Wildman–Crippen LogP) is 2.16. The Morgan fingerprint density at radius 3 is 2.91 bits per heavy atom. The number of fused-ring (bicyclic) bond motifs is 1. The van der Waals surface area contributed by atoms with Crippen molar-refractivity contribution < 1.29 is 19.5 Å². The van der Waals surface area contributed by atoms with Gasteiger partial charge in [0.25, 0.3) is 0 Å². The highest BCUT2D eigenvalue weighted by Gasteiger charge is 2.26. The molecule has 0 saturated carbocycles. The van der Waals surface area contributed by atoms with Crippen LogP contribution in [0.3, 0.4) is 0 Å². The number of unbranched alkanes of at least 4 members (excludes halogenated alkanes) is 1. The lowest BCUT2D eigenvalue weighted by Gasteiger charge is -2.15. The van der Waals surface area contributed by atoms with Crippen LogP contribution in [0.25, 0.3) is 16.5 Å². The van der Waals surface area contributed by atoms with Gasteiger partial charge in [0.1, 0.15) is 5.94 Å². The second kappa shape index (κ2) is 7.56. The van der Waals surface area contributed by atoms with E-state index in [4.69, 9.17) is 4.84 Å². The monoisotopic (exact) mass is 302 g/mol. The van der Waals surface area contributed by atoms with Crippen molar-refractivity contribution in [2.75, 3.05) is 6.61 Å². The maximum atomic E-state index is 11.4. The van der Waals surface area contributed by atoms with Crippen LogP contribution in [0, 0.1) is 0 Å². The largest absolute Gasteiger partial charge is 0.480 e. The minimum Gasteiger partial charge on any atom is -0.480 e. The van der Waals surface area contributed by atoms with Crippen molar-refractivity contribution in [3.05, 3.63) is 36.0 Å². The number of para-hydroxylation sites is 1. The Kier molecular flexibility index (Phi) is 5.49. The summed E-state index contributed by atoms with van der Waals surface area (Å²) in [7, 11) is 0. The number of aliphatic carboxylic acids is 1. The summed E-state index contributed by atoms with van der Waals surface area (Å²) in [5, 5.41) is 10.1. The topological polar surface area (TPSA) is 91.4 Å². The van der Waals surface area contributed by atoms with Gasteiger partial charge < -0.3 is 14.9 Å². The number of rotatable bonds is 8. The van der Waals surface area contributed by atoms with Gasteiger partial charge in [-0.25, -0.2) is 4.79 Å². The molecule has 1 heterocycles. The van der Waals surface area contributed by atoms with Crippen LogP contribution >= 0.6 is 0 Å². The molecule has 0 radical (unpaired) electrons. The minimum absolute atomic E-state index is 0.00134. The van der Waals surface area contributed by atoms with Crippen molar-refractivity contribution in [3.8, 4) is 0 Å². The van der Waals surface area contributed by atoms with Gasteiger partial charge in [-0.2, -0.15) is 5.48 Å². The Balaban J connectivity index is 2.28. The molecule has 3 N–H and O–H groups in total. The van der Waals surface area contributed by atoms with Crippen LogP contribution in [-0.4, -0.2) is 34.6 Å². The van der Waals surface area contributed by atoms with Gasteiger partial charge in [-0.3, -0.25) is 4.79 Å². The first-order chi connectivity index (χ1) is 10.7. The number of carboxylic acid groups (broad SMARTS) is 1. The maximum Gasteiger partial charge on any atom is 0.328 e. The average molecular weight is 302 g/mol. The summed E-state index contributed by atoms with van der Waals surface area (Å²) in [4.78, 5) is 31.0. The molecule has 1 atom stereocenters. The number of H-pyrrole nitrogens is 1. The summed E-state index contributed by atoms with van der Waals surface area (Å²) in [6.07, 6.45) is 3.33. The van der Waals surface area contributed by atoms with Gasteiger partial charge in [-0.05, 0) is 12.5 Å². The van der Waals surface area contributed by atoms with E-state index in [2.05, 4.69) is 10.5 Å². The second-order valence-electron chi connectivity index (χ2n) is 4.85. The van der Waals surface area contributed by atoms with Gasteiger partial charge in [-0.1, -0.05) is 31.5 Å². The Hall–Kier alpha value is -2.40. The molecule has 2 rings (SSSR count). The number of hydroxylamine groups is 1. The predicted molar refractivity (Wildman–Crippen MR) is 82.8 cm³/mol. The van der Waals surface area contributed by atoms with E-state index in [0.717, 1.165) is 23.7 Å². The third-order valence-corrected chi connectivity index (χ3v) is 3.33. The zero-order valence-electron chi connectivity index (χ0n) is 12.3. The van der Waals surface area contributed by atoms with Gasteiger partial charge in [0.2, 0.25) is 0 Å². The quantitative estimate of drug-likeness (QED) is 0.395. The van der Waals surface area contributed by atoms with E-state index in [1.807, 2.05) is 31.2 Å². The fourth-order valence-corrected chi connectivity index (χ4v) is 2.16. The molecule has 0 saturated heterocycles. The Labute approximate surface area is 127 Å². The zero-order chi connectivity index (χ0) is 15.9. The molecule has 116 valence electrons. The fraction of sp³-hybridized carbons (Fsp3) is 0.312. The SMILES string of the molecule is CCCCONC(C(=O)O)C(=C=O)c1c[nH]c2ccccc12. The summed E-state index contributed by atoms with van der Waals surface area (Å²) in [6, 6.07) is 6.07. The molecule has 1 unspecified atom stereocenters. The summed E-state index contributed by atoms with van der Waals surface area (Å²) < 4.78 is 0. The number of aromatic nitrogens is 1. The molecule has 0 aliphatic carbocycles. The summed E-state index contributed by atoms with van der Waals surface area (Å²) in [6.45, 7) is 2.38. The number of carbonyl (C=O) groups excluding carboxylic acids is 1. The van der Waals surface area contributed by atoms with Crippen LogP contribution in [-0.2, 0) is 14.4 Å². The van der Waals surface area contributed by atoms with E-state index < -0.39 is 12.0 Å². The molecule has 0 spiro atoms. The van der Waals surface area contributed by atoms with E-state index in [0.29, 0.717) is 12.2 Å². The first-order valence-corrected chi connectivity index (χ1v) is 7.10. The lowest BCUT2D eigenvalue weighted by molar-refractivity contribution is -0.141. The van der Waals surface area contributed by atoms with E-state index in [-0.39, 0.29) is 5.57 Å². The molecule has 0 aliphatic heterocycles. The number of benzene rings is 1. The van der Waals surface area contributed by atoms with Crippen molar-refractivity contribution in [2.45, 2.75) is 25.8 Å². The van der Waals surface area contributed by atoms with E-state index in [9.17, 15) is 14.7 Å². The van der Waals surface area contributed by atoms with E-state index in [1.165, 1.54) is 0 Å². The van der Waals surface area contributed by atoms with Crippen molar-refractivity contribution in [3.63, 3.8) is 0 Å². The van der Waals surface area contributed by atoms with Crippen LogP contribution in [0.4, 0.5) is 0 Å². The normalized spacial score (nSPS) is 12.0. The van der Waals surface area contributed by atoms with Gasteiger partial charge in [-0.15, -0.1) is 0 Å². The zero-order valence-corrected chi connectivity index (χ0v) is 12.3. The van der Waals surface area contributed by atoms with Crippen molar-refractivity contribution in [2.24, 2.45) is 0 Å².